The molecule has 0 heterocycles. The summed E-state index contributed by atoms with van der Waals surface area (Å²) in [6.07, 6.45) is -0.0856. The lowest BCUT2D eigenvalue weighted by Gasteiger charge is -2.22. The van der Waals surface area contributed by atoms with Crippen molar-refractivity contribution in [1.29, 1.82) is 0 Å². The van der Waals surface area contributed by atoms with Gasteiger partial charge in [0, 0.05) is 0 Å². The maximum Gasteiger partial charge on any atom is 0.220 e. The van der Waals surface area contributed by atoms with Gasteiger partial charge in [-0.1, -0.05) is 54.6 Å². The molecule has 0 fully saturated rings. The summed E-state index contributed by atoms with van der Waals surface area (Å²) in [5.41, 5.74) is 6.79. The van der Waals surface area contributed by atoms with Gasteiger partial charge >= 0.3 is 0 Å². The second-order valence-corrected chi connectivity index (χ2v) is 4.86. The molecule has 0 aliphatic carbocycles. The monoisotopic (exact) mass is 255 g/mol. The summed E-state index contributed by atoms with van der Waals surface area (Å²) in [7, 11) is 0. The van der Waals surface area contributed by atoms with Gasteiger partial charge in [0.25, 0.3) is 0 Å². The molecule has 0 aromatic heterocycles. The molecule has 19 heavy (non-hydrogen) atoms. The molecule has 98 valence electrons. The van der Waals surface area contributed by atoms with Crippen LogP contribution in [-0.4, -0.2) is 11.0 Å². The zero-order chi connectivity index (χ0) is 13.9. The van der Waals surface area contributed by atoms with Crippen LogP contribution in [-0.2, 0) is 10.4 Å². The highest BCUT2D eigenvalue weighted by Crippen LogP contribution is 2.27. The van der Waals surface area contributed by atoms with E-state index in [-0.39, 0.29) is 6.42 Å². The van der Waals surface area contributed by atoms with E-state index in [9.17, 15) is 9.90 Å². The number of aliphatic hydroxyl groups is 1. The van der Waals surface area contributed by atoms with E-state index in [1.165, 1.54) is 0 Å². The first-order chi connectivity index (χ1) is 8.99. The number of amides is 1. The van der Waals surface area contributed by atoms with Gasteiger partial charge in [-0.15, -0.1) is 0 Å². The molecular formula is C16H17NO2. The third-order valence-corrected chi connectivity index (χ3v) is 3.13. The van der Waals surface area contributed by atoms with Gasteiger partial charge in [-0.2, -0.15) is 0 Å². The van der Waals surface area contributed by atoms with Gasteiger partial charge in [0.15, 0.2) is 0 Å². The summed E-state index contributed by atoms with van der Waals surface area (Å²) in [5, 5.41) is 10.2. The Labute approximate surface area is 112 Å². The third-order valence-electron chi connectivity index (χ3n) is 3.13. The number of hydrogen-bond acceptors (Lipinski definition) is 2. The smallest absolute Gasteiger partial charge is 0.220 e. The highest BCUT2D eigenvalue weighted by molar-refractivity contribution is 5.75. The molecule has 2 aromatic rings. The van der Waals surface area contributed by atoms with Gasteiger partial charge in [-0.05, 0) is 23.6 Å². The number of hydrogen-bond donors (Lipinski definition) is 2. The molecule has 0 radical (unpaired) electrons. The fourth-order valence-electron chi connectivity index (χ4n) is 2.09. The van der Waals surface area contributed by atoms with E-state index in [0.717, 1.165) is 11.1 Å². The normalized spacial score (nSPS) is 13.8. The Balaban J connectivity index is 2.26. The molecule has 1 atom stereocenters. The van der Waals surface area contributed by atoms with Crippen molar-refractivity contribution in [2.24, 2.45) is 5.73 Å². The Morgan fingerprint density at radius 2 is 1.58 bits per heavy atom. The van der Waals surface area contributed by atoms with Crippen LogP contribution in [0.25, 0.3) is 11.1 Å². The third kappa shape index (κ3) is 3.20. The zero-order valence-corrected chi connectivity index (χ0v) is 10.8. The minimum absolute atomic E-state index is 0.0856. The van der Waals surface area contributed by atoms with Crippen molar-refractivity contribution in [3.8, 4) is 11.1 Å². The number of rotatable bonds is 4. The van der Waals surface area contributed by atoms with Crippen LogP contribution in [0.1, 0.15) is 18.9 Å². The molecule has 3 N–H and O–H groups in total. The zero-order valence-electron chi connectivity index (χ0n) is 10.8. The summed E-state index contributed by atoms with van der Waals surface area (Å²) >= 11 is 0. The molecular weight excluding hydrogens is 238 g/mol. The molecule has 0 aliphatic heterocycles. The molecule has 0 saturated carbocycles. The van der Waals surface area contributed by atoms with E-state index < -0.39 is 11.5 Å². The van der Waals surface area contributed by atoms with E-state index in [1.807, 2.05) is 54.6 Å². The standard InChI is InChI=1S/C16H17NO2/c1-16(19,11-15(17)18)14-9-7-13(8-10-14)12-5-3-2-4-6-12/h2-10,19H,11H2,1H3,(H2,17,18). The van der Waals surface area contributed by atoms with Crippen LogP contribution in [0.5, 0.6) is 0 Å². The predicted octanol–water partition coefficient (Wildman–Crippen LogP) is 2.44. The Hall–Kier alpha value is -2.13. The van der Waals surface area contributed by atoms with Crippen molar-refractivity contribution in [2.45, 2.75) is 18.9 Å². The van der Waals surface area contributed by atoms with Crippen molar-refractivity contribution < 1.29 is 9.90 Å². The lowest BCUT2D eigenvalue weighted by Crippen LogP contribution is -2.28. The average Bonchev–Trinajstić information content (AvgIpc) is 2.38. The molecule has 0 spiro atoms. The molecule has 3 heteroatoms. The van der Waals surface area contributed by atoms with Crippen LogP contribution in [0.3, 0.4) is 0 Å². The van der Waals surface area contributed by atoms with Crippen molar-refractivity contribution in [2.75, 3.05) is 0 Å². The van der Waals surface area contributed by atoms with Gasteiger partial charge in [0.05, 0.1) is 12.0 Å². The van der Waals surface area contributed by atoms with Crippen LogP contribution in [0, 0.1) is 0 Å². The van der Waals surface area contributed by atoms with Crippen LogP contribution in [0.15, 0.2) is 54.6 Å². The van der Waals surface area contributed by atoms with Crippen LogP contribution in [0.2, 0.25) is 0 Å². The Morgan fingerprint density at radius 1 is 1.05 bits per heavy atom. The van der Waals surface area contributed by atoms with E-state index in [2.05, 4.69) is 0 Å². The van der Waals surface area contributed by atoms with Crippen molar-refractivity contribution in [3.63, 3.8) is 0 Å². The summed E-state index contributed by atoms with van der Waals surface area (Å²) in [5.74, 6) is -0.517. The SMILES string of the molecule is CC(O)(CC(N)=O)c1ccc(-c2ccccc2)cc1. The fourth-order valence-corrected chi connectivity index (χ4v) is 2.09. The second kappa shape index (κ2) is 5.24. The first-order valence-corrected chi connectivity index (χ1v) is 6.16. The summed E-state index contributed by atoms with van der Waals surface area (Å²) in [4.78, 5) is 10.9. The second-order valence-electron chi connectivity index (χ2n) is 4.86. The Bertz CT molecular complexity index is 559. The predicted molar refractivity (Wildman–Crippen MR) is 75.3 cm³/mol. The highest BCUT2D eigenvalue weighted by atomic mass is 16.3. The minimum atomic E-state index is -1.22. The molecule has 1 amide bonds. The van der Waals surface area contributed by atoms with Gasteiger partial charge in [-0.3, -0.25) is 4.79 Å². The topological polar surface area (TPSA) is 63.3 Å². The molecule has 2 aromatic carbocycles. The van der Waals surface area contributed by atoms with Crippen LogP contribution in [0.4, 0.5) is 0 Å². The maximum absolute atomic E-state index is 10.9. The number of carbonyl (C=O) groups is 1. The van der Waals surface area contributed by atoms with Gasteiger partial charge in [-0.25, -0.2) is 0 Å². The largest absolute Gasteiger partial charge is 0.385 e. The molecule has 0 aliphatic rings. The van der Waals surface area contributed by atoms with Crippen molar-refractivity contribution in [1.82, 2.24) is 0 Å². The lowest BCUT2D eigenvalue weighted by molar-refractivity contribution is -0.122. The van der Waals surface area contributed by atoms with Crippen LogP contribution >= 0.6 is 0 Å². The molecule has 2 rings (SSSR count). The Morgan fingerprint density at radius 3 is 2.11 bits per heavy atom. The minimum Gasteiger partial charge on any atom is -0.385 e. The lowest BCUT2D eigenvalue weighted by atomic mass is 9.91. The number of primary amides is 1. The number of nitrogens with two attached hydrogens (primary N) is 1. The van der Waals surface area contributed by atoms with Crippen molar-refractivity contribution >= 4 is 5.91 Å². The van der Waals surface area contributed by atoms with Crippen LogP contribution < -0.4 is 5.73 Å². The number of carbonyl (C=O) groups excluding carboxylic acids is 1. The highest BCUT2D eigenvalue weighted by Gasteiger charge is 2.25. The van der Waals surface area contributed by atoms with E-state index in [4.69, 9.17) is 5.73 Å². The van der Waals surface area contributed by atoms with Crippen molar-refractivity contribution in [3.05, 3.63) is 60.2 Å². The van der Waals surface area contributed by atoms with Gasteiger partial charge in [0.2, 0.25) is 5.91 Å². The quantitative estimate of drug-likeness (QED) is 0.881. The first-order valence-electron chi connectivity index (χ1n) is 6.16. The van der Waals surface area contributed by atoms with E-state index >= 15 is 0 Å². The average molecular weight is 255 g/mol. The summed E-state index contributed by atoms with van der Waals surface area (Å²) in [6, 6.07) is 17.5. The first kappa shape index (κ1) is 13.3. The molecule has 1 unspecified atom stereocenters. The summed E-state index contributed by atoms with van der Waals surface area (Å²) in [6.45, 7) is 1.59. The van der Waals surface area contributed by atoms with Gasteiger partial charge < -0.3 is 10.8 Å². The molecule has 3 nitrogen and oxygen atoms in total. The number of benzene rings is 2. The Kier molecular flexibility index (Phi) is 3.67. The fraction of sp³-hybridized carbons (Fsp3) is 0.188. The maximum atomic E-state index is 10.9. The van der Waals surface area contributed by atoms with Gasteiger partial charge in [0.1, 0.15) is 0 Å². The van der Waals surface area contributed by atoms with E-state index in [1.54, 1.807) is 6.92 Å². The molecule has 0 bridgehead atoms. The molecule has 0 saturated heterocycles. The summed E-state index contributed by atoms with van der Waals surface area (Å²) < 4.78 is 0. The van der Waals surface area contributed by atoms with E-state index in [0.29, 0.717) is 5.56 Å².